The van der Waals surface area contributed by atoms with E-state index >= 15 is 0 Å². The Balaban J connectivity index is 0.000000161. The van der Waals surface area contributed by atoms with Gasteiger partial charge in [-0.15, -0.1) is 0 Å². The van der Waals surface area contributed by atoms with Crippen LogP contribution in [0.15, 0.2) is 443 Å². The highest BCUT2D eigenvalue weighted by Gasteiger charge is 2.39. The van der Waals surface area contributed by atoms with Crippen LogP contribution < -0.4 is 89.5 Å². The normalized spacial score (nSPS) is 13.7. The van der Waals surface area contributed by atoms with Crippen molar-refractivity contribution in [2.24, 2.45) is 22.9 Å². The summed E-state index contributed by atoms with van der Waals surface area (Å²) in [4.78, 5) is 50.8. The average Bonchev–Trinajstić information content (AvgIpc) is 0.789. The molecule has 0 heterocycles. The maximum absolute atomic E-state index is 13.8. The maximum Gasteiger partial charge on any atom is 0.407 e. The second-order valence-corrected chi connectivity index (χ2v) is 44.0. The van der Waals surface area contributed by atoms with Gasteiger partial charge in [0.1, 0.15) is 24.4 Å². The molecular weight excluding hydrogens is 1760 g/mol. The molecule has 1 aliphatic carbocycles. The van der Waals surface area contributed by atoms with Gasteiger partial charge in [-0.25, -0.2) is 23.1 Å². The Morgan fingerprint density at radius 3 is 1.04 bits per heavy atom. The number of hydrogen-bond donors (Lipinski definition) is 4. The third-order valence-corrected chi connectivity index (χ3v) is 32.5. The van der Waals surface area contributed by atoms with E-state index in [1.54, 1.807) is 6.07 Å². The van der Waals surface area contributed by atoms with E-state index in [2.05, 4.69) is 400 Å². The lowest BCUT2D eigenvalue weighted by molar-refractivity contribution is -0.123. The van der Waals surface area contributed by atoms with E-state index < -0.39 is 59.4 Å². The number of sulfonamides is 1. The molecule has 0 bridgehead atoms. The van der Waals surface area contributed by atoms with Gasteiger partial charge in [0.15, 0.2) is 5.75 Å². The molecule has 0 unspecified atom stereocenters. The van der Waals surface area contributed by atoms with Crippen molar-refractivity contribution >= 4 is 135 Å². The number of nitrogens with one attached hydrogen (secondary N) is 3. The molecule has 0 aliphatic heterocycles. The molecule has 13 nitrogen and oxygen atoms in total. The molecule has 5 N–H and O–H groups in total. The van der Waals surface area contributed by atoms with Crippen molar-refractivity contribution in [3.8, 4) is 5.75 Å². The number of benzene rings is 15. The van der Waals surface area contributed by atoms with E-state index in [0.29, 0.717) is 25.1 Å². The summed E-state index contributed by atoms with van der Waals surface area (Å²) >= 11 is 0. The number of amides is 3. The van der Waals surface area contributed by atoms with Crippen LogP contribution >= 0.6 is 31.7 Å². The van der Waals surface area contributed by atoms with E-state index in [9.17, 15) is 27.6 Å². The first-order valence-corrected chi connectivity index (χ1v) is 52.7. The van der Waals surface area contributed by atoms with Gasteiger partial charge in [0.05, 0.1) is 11.4 Å². The molecular formula is C117H122N4O9P4S. The average molecular weight is 1880 g/mol. The molecule has 0 aromatic heterocycles. The van der Waals surface area contributed by atoms with E-state index in [1.165, 1.54) is 75.3 Å². The maximum atomic E-state index is 13.8. The second-order valence-electron chi connectivity index (χ2n) is 33.4. The quantitative estimate of drug-likeness (QED) is 0.0210. The molecule has 690 valence electrons. The summed E-state index contributed by atoms with van der Waals surface area (Å²) in [6.45, 7) is 17.9. The van der Waals surface area contributed by atoms with Crippen molar-refractivity contribution in [2.45, 2.75) is 105 Å². The monoisotopic (exact) mass is 1880 g/mol. The Morgan fingerprint density at radius 2 is 0.748 bits per heavy atom. The first-order chi connectivity index (χ1) is 65.6. The minimum atomic E-state index is -3.47. The van der Waals surface area contributed by atoms with E-state index in [4.69, 9.17) is 19.3 Å². The molecule has 0 radical (unpaired) electrons. The summed E-state index contributed by atoms with van der Waals surface area (Å²) in [7, 11) is -5.26. The summed E-state index contributed by atoms with van der Waals surface area (Å²) in [5.74, 6) is -0.917. The van der Waals surface area contributed by atoms with Crippen LogP contribution in [0.3, 0.4) is 0 Å². The van der Waals surface area contributed by atoms with Crippen molar-refractivity contribution in [2.75, 3.05) is 17.7 Å². The molecule has 135 heavy (non-hydrogen) atoms. The number of nitrogens with two attached hydrogens (primary N) is 1. The molecule has 15 aromatic rings. The van der Waals surface area contributed by atoms with Crippen molar-refractivity contribution in [1.82, 2.24) is 10.6 Å². The van der Waals surface area contributed by atoms with Crippen LogP contribution in [0, 0.1) is 24.7 Å². The smallest absolute Gasteiger partial charge is 0.407 e. The molecule has 0 saturated heterocycles. The van der Waals surface area contributed by atoms with Crippen LogP contribution in [-0.2, 0) is 48.7 Å². The highest BCUT2D eigenvalue weighted by Crippen LogP contribution is 2.40. The predicted molar refractivity (Wildman–Crippen MR) is 571 cm³/mol. The van der Waals surface area contributed by atoms with Crippen molar-refractivity contribution in [1.29, 1.82) is 0 Å². The number of rotatable bonds is 28. The van der Waals surface area contributed by atoms with Crippen LogP contribution in [0.5, 0.6) is 5.75 Å². The Hall–Kier alpha value is -12.9. The van der Waals surface area contributed by atoms with Gasteiger partial charge in [0, 0.05) is 24.9 Å². The zero-order chi connectivity index (χ0) is 95.4. The zero-order valence-corrected chi connectivity index (χ0v) is 82.3. The summed E-state index contributed by atoms with van der Waals surface area (Å²) < 4.78 is 38.3. The molecule has 4 atom stereocenters. The van der Waals surface area contributed by atoms with Gasteiger partial charge >= 0.3 is 12.1 Å². The number of aryl methyl sites for hydroxylation is 2. The summed E-state index contributed by atoms with van der Waals surface area (Å²) in [5, 5.41) is 30.4. The Bertz CT molecular complexity index is 5300. The Kier molecular flexibility index (Phi) is 41.4. The highest BCUT2D eigenvalue weighted by molar-refractivity contribution is 7.89. The van der Waals surface area contributed by atoms with Gasteiger partial charge in [0.25, 0.3) is 0 Å². The number of carbonyl (C=O) groups is 4. The third-order valence-electron chi connectivity index (χ3n) is 21.9. The predicted octanol–water partition coefficient (Wildman–Crippen LogP) is 21.1. The Morgan fingerprint density at radius 1 is 0.430 bits per heavy atom. The number of hydrogen-bond acceptors (Lipinski definition) is 9. The molecule has 1 fully saturated rings. The van der Waals surface area contributed by atoms with E-state index in [-0.39, 0.29) is 78.7 Å². The van der Waals surface area contributed by atoms with Crippen LogP contribution in [-0.4, -0.2) is 56.3 Å². The highest BCUT2D eigenvalue weighted by atomic mass is 32.2. The van der Waals surface area contributed by atoms with E-state index in [0.717, 1.165) is 23.1 Å². The molecule has 1 saturated carbocycles. The lowest BCUT2D eigenvalue weighted by Gasteiger charge is -2.38. The lowest BCUT2D eigenvalue weighted by Crippen LogP contribution is -2.49. The Labute approximate surface area is 804 Å². The summed E-state index contributed by atoms with van der Waals surface area (Å²) in [6, 6.07) is 150. The van der Waals surface area contributed by atoms with Crippen molar-refractivity contribution in [3.63, 3.8) is 0 Å². The molecule has 18 heteroatoms. The number of carbonyl (C=O) groups excluding carboxylic acids is 4. The fraction of sp³-hybridized carbons (Fsp3) is 0.179. The standard InChI is InChI=1S/C33H44N2O6.4C18H15P.C12H18N2O3S/c1-8-15-39-31(37)26-17-23(9-2)18-28(29(26)40-20-24-13-11-10-12-14-24)34-30(36)25-19-27(22(4)16-21(25)3)35-32(38)41-33(5,6)7;4*1-4-10-16(11-5-1)19(17-12-6-2-7-13-17)18-14-8-3-9-15-18;1-10-4-6-11(7-5-10)9-14-12(15)3-2-8-18(13,16)17/h8,10-14,17-18,21-22,25,27H,1,9,15-16,19-20H2,2-7H3,(H,34,36)(H,35,38);4*1-15H;4-7H,2-3,8-9H2,1H3,(H,14,15)(H2,13,16,17)/t21-,22+,25-,27+;;;;;/m1...../s1. The number of anilines is 1. The minimum absolute atomic E-state index is 0.0544. The van der Waals surface area contributed by atoms with Crippen molar-refractivity contribution in [3.05, 3.63) is 471 Å². The number of ether oxygens (including phenoxy) is 3. The topological polar surface area (TPSA) is 192 Å². The minimum Gasteiger partial charge on any atom is -0.486 e. The first-order valence-electron chi connectivity index (χ1n) is 45.6. The second kappa shape index (κ2) is 54.5. The molecule has 16 rings (SSSR count). The molecule has 3 amide bonds. The van der Waals surface area contributed by atoms with Gasteiger partial charge in [-0.1, -0.05) is 458 Å². The van der Waals surface area contributed by atoms with Crippen LogP contribution in [0.25, 0.3) is 0 Å². The molecule has 1 aliphatic rings. The van der Waals surface area contributed by atoms with Gasteiger partial charge in [-0.3, -0.25) is 9.59 Å². The van der Waals surface area contributed by atoms with E-state index in [1.807, 2.05) is 95.3 Å². The fourth-order valence-electron chi connectivity index (χ4n) is 15.3. The van der Waals surface area contributed by atoms with Crippen LogP contribution in [0.2, 0.25) is 0 Å². The van der Waals surface area contributed by atoms with Gasteiger partial charge in [0.2, 0.25) is 21.8 Å². The van der Waals surface area contributed by atoms with Gasteiger partial charge < -0.3 is 30.2 Å². The fourth-order valence-corrected chi connectivity index (χ4v) is 25.0. The first kappa shape index (κ1) is 103. The SMILES string of the molecule is C=CCOC(=O)c1cc(CC)cc(NC(=O)[C@@H]2C[C@H](NC(=O)OC(C)(C)C)[C@@H](C)C[C@H]2C)c1OCc1ccccc1.Cc1ccc(CNC(=O)CCCS(N)(=O)=O)cc1.c1ccc(P(c2ccccc2)c2ccccc2)cc1.c1ccc(P(c2ccccc2)c2ccccc2)cc1.c1ccc(P(c2ccccc2)c2ccccc2)cc1.c1ccc(P(c2ccccc2)c2ccccc2)cc1. The zero-order valence-electron chi connectivity index (χ0n) is 77.9. The molecule has 0 spiro atoms. The van der Waals surface area contributed by atoms with Gasteiger partial charge in [-0.2, -0.15) is 0 Å². The number of alkyl carbamates (subject to hydrolysis) is 1. The van der Waals surface area contributed by atoms with Crippen LogP contribution in [0.4, 0.5) is 10.5 Å². The number of esters is 1. The lowest BCUT2D eigenvalue weighted by atomic mass is 9.72. The van der Waals surface area contributed by atoms with Gasteiger partial charge in [-0.05, 0) is 189 Å². The molecule has 15 aromatic carbocycles. The third kappa shape index (κ3) is 33.9. The summed E-state index contributed by atoms with van der Waals surface area (Å²) in [6.07, 6.45) is 3.31. The van der Waals surface area contributed by atoms with Crippen LogP contribution in [0.1, 0.15) is 99.8 Å². The summed E-state index contributed by atoms with van der Waals surface area (Å²) in [5.41, 5.74) is 3.99. The van der Waals surface area contributed by atoms with Crippen molar-refractivity contribution < 1.29 is 41.8 Å². The number of primary sulfonamides is 1. The largest absolute Gasteiger partial charge is 0.486 e.